The molecule has 166 valence electrons. The molecule has 0 fully saturated rings. The number of nitrogens with one attached hydrogen (secondary N) is 2. The van der Waals surface area contributed by atoms with Gasteiger partial charge in [0.1, 0.15) is 18.2 Å². The highest BCUT2D eigenvalue weighted by molar-refractivity contribution is 14.0. The zero-order valence-electron chi connectivity index (χ0n) is 18.1. The molecule has 0 radical (unpaired) electrons. The van der Waals surface area contributed by atoms with Crippen molar-refractivity contribution in [2.75, 3.05) is 27.3 Å². The van der Waals surface area contributed by atoms with Gasteiger partial charge in [0.05, 0.1) is 13.2 Å². The average Bonchev–Trinajstić information content (AvgIpc) is 3.13. The normalized spacial score (nSPS) is 15.8. The number of methoxy groups -OCH3 is 1. The van der Waals surface area contributed by atoms with Crippen LogP contribution in [-0.2, 0) is 24.3 Å². The van der Waals surface area contributed by atoms with E-state index in [4.69, 9.17) is 9.47 Å². The molecule has 1 aromatic heterocycles. The van der Waals surface area contributed by atoms with E-state index < -0.39 is 0 Å². The maximum atomic E-state index is 5.77. The van der Waals surface area contributed by atoms with Gasteiger partial charge in [0, 0.05) is 33.2 Å². The molecule has 0 bridgehead atoms. The monoisotopic (exact) mass is 528 g/mol. The maximum absolute atomic E-state index is 5.77. The summed E-state index contributed by atoms with van der Waals surface area (Å²) >= 11 is 0. The maximum Gasteiger partial charge on any atom is 0.191 e. The summed E-state index contributed by atoms with van der Waals surface area (Å²) < 4.78 is 12.9. The molecule has 0 aliphatic carbocycles. The van der Waals surface area contributed by atoms with E-state index in [9.17, 15) is 0 Å². The standard InChI is InChI=1S/C21H32N6O2.HI/c1-16-6-9-18(10-7-16)29-13-5-4-12-23-21(22-2)24-17-8-11-20-25-19(15-28-3)26-27(20)14-17;/h6-7,9-10,17H,4-5,8,11-15H2,1-3H3,(H2,22,23,24);1H. The smallest absolute Gasteiger partial charge is 0.191 e. The summed E-state index contributed by atoms with van der Waals surface area (Å²) in [5, 5.41) is 11.4. The van der Waals surface area contributed by atoms with Gasteiger partial charge in [0.25, 0.3) is 0 Å². The Morgan fingerprint density at radius 3 is 2.80 bits per heavy atom. The third-order valence-electron chi connectivity index (χ3n) is 4.89. The van der Waals surface area contributed by atoms with Crippen molar-refractivity contribution < 1.29 is 9.47 Å². The molecule has 9 heteroatoms. The number of ether oxygens (including phenoxy) is 2. The Kier molecular flexibility index (Phi) is 10.4. The largest absolute Gasteiger partial charge is 0.494 e. The number of guanidine groups is 1. The fourth-order valence-corrected chi connectivity index (χ4v) is 3.32. The molecule has 2 N–H and O–H groups in total. The van der Waals surface area contributed by atoms with Crippen LogP contribution in [0, 0.1) is 6.92 Å². The van der Waals surface area contributed by atoms with Crippen LogP contribution in [0.15, 0.2) is 29.3 Å². The summed E-state index contributed by atoms with van der Waals surface area (Å²) in [5.74, 6) is 3.54. The first-order valence-corrected chi connectivity index (χ1v) is 10.3. The van der Waals surface area contributed by atoms with E-state index in [0.717, 1.165) is 68.7 Å². The minimum absolute atomic E-state index is 0. The lowest BCUT2D eigenvalue weighted by molar-refractivity contribution is 0.177. The van der Waals surface area contributed by atoms with E-state index >= 15 is 0 Å². The predicted octanol–water partition coefficient (Wildman–Crippen LogP) is 2.69. The van der Waals surface area contributed by atoms with Crippen LogP contribution in [-0.4, -0.2) is 54.1 Å². The van der Waals surface area contributed by atoms with Gasteiger partial charge in [0.2, 0.25) is 0 Å². The van der Waals surface area contributed by atoms with E-state index in [1.807, 2.05) is 16.8 Å². The van der Waals surface area contributed by atoms with Gasteiger partial charge in [-0.1, -0.05) is 17.7 Å². The van der Waals surface area contributed by atoms with Crippen LogP contribution in [0.4, 0.5) is 0 Å². The third kappa shape index (κ3) is 7.42. The molecule has 2 heterocycles. The number of aromatic nitrogens is 3. The number of rotatable bonds is 9. The number of fused-ring (bicyclic) bond motifs is 1. The number of aryl methyl sites for hydroxylation is 2. The highest BCUT2D eigenvalue weighted by Gasteiger charge is 2.22. The first kappa shape index (κ1) is 24.4. The lowest BCUT2D eigenvalue weighted by atomic mass is 10.1. The molecule has 30 heavy (non-hydrogen) atoms. The summed E-state index contributed by atoms with van der Waals surface area (Å²) in [4.78, 5) is 8.86. The zero-order chi connectivity index (χ0) is 20.5. The van der Waals surface area contributed by atoms with Crippen molar-refractivity contribution in [3.8, 4) is 5.75 Å². The Balaban J connectivity index is 0.00000320. The first-order chi connectivity index (χ1) is 14.2. The molecule has 1 atom stereocenters. The van der Waals surface area contributed by atoms with Crippen LogP contribution in [0.25, 0.3) is 0 Å². The molecule has 0 amide bonds. The number of hydrogen-bond acceptors (Lipinski definition) is 5. The van der Waals surface area contributed by atoms with Gasteiger partial charge in [-0.3, -0.25) is 4.99 Å². The highest BCUT2D eigenvalue weighted by Crippen LogP contribution is 2.14. The number of hydrogen-bond donors (Lipinski definition) is 2. The van der Waals surface area contributed by atoms with E-state index in [2.05, 4.69) is 44.8 Å². The summed E-state index contributed by atoms with van der Waals surface area (Å²) in [6.45, 7) is 4.90. The lowest BCUT2D eigenvalue weighted by Crippen LogP contribution is -2.47. The molecular formula is C21H33IN6O2. The predicted molar refractivity (Wildman–Crippen MR) is 129 cm³/mol. The van der Waals surface area contributed by atoms with E-state index in [1.54, 1.807) is 14.2 Å². The van der Waals surface area contributed by atoms with Crippen molar-refractivity contribution in [2.24, 2.45) is 4.99 Å². The van der Waals surface area contributed by atoms with Gasteiger partial charge >= 0.3 is 0 Å². The van der Waals surface area contributed by atoms with Gasteiger partial charge in [-0.05, 0) is 38.3 Å². The van der Waals surface area contributed by atoms with Crippen LogP contribution in [0.1, 0.15) is 36.5 Å². The Morgan fingerprint density at radius 1 is 1.27 bits per heavy atom. The number of nitrogens with zero attached hydrogens (tertiary/aromatic N) is 4. The number of benzene rings is 1. The van der Waals surface area contributed by atoms with Crippen molar-refractivity contribution in [3.05, 3.63) is 41.5 Å². The molecule has 1 aromatic carbocycles. The van der Waals surface area contributed by atoms with Crippen LogP contribution in [0.2, 0.25) is 0 Å². The van der Waals surface area contributed by atoms with E-state index in [0.29, 0.717) is 6.61 Å². The van der Waals surface area contributed by atoms with Gasteiger partial charge in [-0.25, -0.2) is 9.67 Å². The lowest BCUT2D eigenvalue weighted by Gasteiger charge is -2.25. The minimum atomic E-state index is 0. The Bertz CT molecular complexity index is 793. The van der Waals surface area contributed by atoms with Gasteiger partial charge in [-0.15, -0.1) is 24.0 Å². The average molecular weight is 528 g/mol. The van der Waals surface area contributed by atoms with E-state index in [-0.39, 0.29) is 30.0 Å². The van der Waals surface area contributed by atoms with Crippen LogP contribution in [0.3, 0.4) is 0 Å². The van der Waals surface area contributed by atoms with Gasteiger partial charge in [-0.2, -0.15) is 5.10 Å². The fraction of sp³-hybridized carbons (Fsp3) is 0.571. The van der Waals surface area contributed by atoms with Crippen molar-refractivity contribution >= 4 is 29.9 Å². The summed E-state index contributed by atoms with van der Waals surface area (Å²) in [5.41, 5.74) is 1.24. The molecule has 1 aliphatic rings. The van der Waals surface area contributed by atoms with E-state index in [1.165, 1.54) is 5.56 Å². The number of aliphatic imine (C=N–C) groups is 1. The molecular weight excluding hydrogens is 495 g/mol. The first-order valence-electron chi connectivity index (χ1n) is 10.3. The molecule has 0 saturated carbocycles. The van der Waals surface area contributed by atoms with Gasteiger partial charge < -0.3 is 20.1 Å². The fourth-order valence-electron chi connectivity index (χ4n) is 3.32. The van der Waals surface area contributed by atoms with Crippen LogP contribution in [0.5, 0.6) is 5.75 Å². The molecule has 2 aromatic rings. The van der Waals surface area contributed by atoms with Crippen molar-refractivity contribution in [1.82, 2.24) is 25.4 Å². The van der Waals surface area contributed by atoms with Crippen molar-refractivity contribution in [3.63, 3.8) is 0 Å². The second-order valence-electron chi connectivity index (χ2n) is 7.31. The molecule has 1 unspecified atom stereocenters. The van der Waals surface area contributed by atoms with Crippen LogP contribution < -0.4 is 15.4 Å². The Hall–Kier alpha value is -1.88. The third-order valence-corrected chi connectivity index (χ3v) is 4.89. The minimum Gasteiger partial charge on any atom is -0.494 e. The summed E-state index contributed by atoms with van der Waals surface area (Å²) in [6.07, 6.45) is 3.93. The molecule has 1 aliphatic heterocycles. The molecule has 8 nitrogen and oxygen atoms in total. The molecule has 0 saturated heterocycles. The van der Waals surface area contributed by atoms with Crippen LogP contribution >= 0.6 is 24.0 Å². The topological polar surface area (TPSA) is 85.6 Å². The molecule has 3 rings (SSSR count). The SMILES string of the molecule is CN=C(NCCCCOc1ccc(C)cc1)NC1CCc2nc(COC)nn2C1.I. The number of halogens is 1. The zero-order valence-corrected chi connectivity index (χ0v) is 20.4. The Morgan fingerprint density at radius 2 is 2.07 bits per heavy atom. The second-order valence-corrected chi connectivity index (χ2v) is 7.31. The second kappa shape index (κ2) is 12.7. The quantitative estimate of drug-likeness (QED) is 0.225. The number of unbranched alkanes of at least 4 members (excludes halogenated alkanes) is 1. The summed E-state index contributed by atoms with van der Waals surface area (Å²) in [6, 6.07) is 8.46. The van der Waals surface area contributed by atoms with Gasteiger partial charge in [0.15, 0.2) is 11.8 Å². The highest BCUT2D eigenvalue weighted by atomic mass is 127. The summed E-state index contributed by atoms with van der Waals surface area (Å²) in [7, 11) is 3.46. The Labute approximate surface area is 195 Å². The van der Waals surface area contributed by atoms with Crippen molar-refractivity contribution in [2.45, 2.75) is 51.8 Å². The van der Waals surface area contributed by atoms with Crippen molar-refractivity contribution in [1.29, 1.82) is 0 Å². The molecule has 0 spiro atoms.